The second kappa shape index (κ2) is 7.23. The number of amides is 2. The summed E-state index contributed by atoms with van der Waals surface area (Å²) < 4.78 is 1.96. The molecule has 0 aliphatic carbocycles. The van der Waals surface area contributed by atoms with Gasteiger partial charge in [-0.05, 0) is 51.8 Å². The van der Waals surface area contributed by atoms with Gasteiger partial charge in [-0.25, -0.2) is 14.8 Å². The SMILES string of the molecule is Cc1cn2cc(NC(=O)N3CCc4c(N5CCNC(C)(C)C5)ccnc43)cc(C)c2n1. The Hall–Kier alpha value is -3.13. The van der Waals surface area contributed by atoms with E-state index in [1.807, 2.05) is 42.9 Å². The normalized spacial score (nSPS) is 17.8. The van der Waals surface area contributed by atoms with Crippen molar-refractivity contribution in [2.75, 3.05) is 41.3 Å². The first-order valence-corrected chi connectivity index (χ1v) is 10.8. The van der Waals surface area contributed by atoms with Gasteiger partial charge in [0, 0.05) is 61.6 Å². The lowest BCUT2D eigenvalue weighted by atomic mass is 10.0. The van der Waals surface area contributed by atoms with E-state index in [0.29, 0.717) is 6.54 Å². The number of carbonyl (C=O) groups excluding carboxylic acids is 1. The third-order valence-electron chi connectivity index (χ3n) is 6.11. The molecule has 0 atom stereocenters. The molecule has 8 nitrogen and oxygen atoms in total. The lowest BCUT2D eigenvalue weighted by molar-refractivity contribution is 0.257. The average molecular weight is 420 g/mol. The van der Waals surface area contributed by atoms with Crippen LogP contribution in [0.3, 0.4) is 0 Å². The molecular weight excluding hydrogens is 390 g/mol. The number of rotatable bonds is 2. The van der Waals surface area contributed by atoms with Crippen LogP contribution in [-0.4, -0.2) is 52.1 Å². The van der Waals surface area contributed by atoms with Crippen molar-refractivity contribution in [3.05, 3.63) is 47.5 Å². The molecule has 3 aromatic rings. The van der Waals surface area contributed by atoms with Crippen LogP contribution in [0.4, 0.5) is 22.0 Å². The molecule has 8 heteroatoms. The Morgan fingerprint density at radius 2 is 2.06 bits per heavy atom. The molecule has 3 aromatic heterocycles. The number of piperazine rings is 1. The standard InChI is InChI=1S/C23H29N7O/c1-15-11-17(13-29-12-16(2)26-20(15)29)27-22(31)30-9-6-18-19(5-7-24-21(18)30)28-10-8-25-23(3,4)14-28/h5,7,11-13,25H,6,8-10,14H2,1-4H3,(H,27,31). The van der Waals surface area contributed by atoms with Crippen molar-refractivity contribution in [1.82, 2.24) is 19.7 Å². The number of carbonyl (C=O) groups is 1. The van der Waals surface area contributed by atoms with Crippen molar-refractivity contribution in [1.29, 1.82) is 0 Å². The van der Waals surface area contributed by atoms with Crippen LogP contribution in [0.25, 0.3) is 5.65 Å². The van der Waals surface area contributed by atoms with Crippen LogP contribution in [0.5, 0.6) is 0 Å². The number of urea groups is 1. The lowest BCUT2D eigenvalue weighted by Crippen LogP contribution is -2.57. The molecule has 5 heterocycles. The minimum Gasteiger partial charge on any atom is -0.368 e. The summed E-state index contributed by atoms with van der Waals surface area (Å²) in [6, 6.07) is 3.89. The molecule has 0 radical (unpaired) electrons. The average Bonchev–Trinajstić information content (AvgIpc) is 3.30. The lowest BCUT2D eigenvalue weighted by Gasteiger charge is -2.41. The van der Waals surface area contributed by atoms with Gasteiger partial charge >= 0.3 is 6.03 Å². The van der Waals surface area contributed by atoms with Gasteiger partial charge in [-0.15, -0.1) is 0 Å². The summed E-state index contributed by atoms with van der Waals surface area (Å²) in [5.41, 5.74) is 6.05. The Morgan fingerprint density at radius 1 is 1.23 bits per heavy atom. The largest absolute Gasteiger partial charge is 0.368 e. The molecule has 0 spiro atoms. The maximum Gasteiger partial charge on any atom is 0.327 e. The molecule has 1 saturated heterocycles. The van der Waals surface area contributed by atoms with Gasteiger partial charge in [0.2, 0.25) is 0 Å². The fourth-order valence-electron chi connectivity index (χ4n) is 4.77. The Morgan fingerprint density at radius 3 is 2.87 bits per heavy atom. The number of pyridine rings is 2. The van der Waals surface area contributed by atoms with Crippen molar-refractivity contribution in [2.45, 2.75) is 39.7 Å². The van der Waals surface area contributed by atoms with Crippen molar-refractivity contribution in [3.63, 3.8) is 0 Å². The molecule has 31 heavy (non-hydrogen) atoms. The van der Waals surface area contributed by atoms with E-state index in [-0.39, 0.29) is 11.6 Å². The zero-order chi connectivity index (χ0) is 21.8. The van der Waals surface area contributed by atoms with E-state index < -0.39 is 0 Å². The summed E-state index contributed by atoms with van der Waals surface area (Å²) in [5, 5.41) is 6.61. The highest BCUT2D eigenvalue weighted by Crippen LogP contribution is 2.35. The highest BCUT2D eigenvalue weighted by Gasteiger charge is 2.32. The molecular formula is C23H29N7O. The molecule has 162 valence electrons. The van der Waals surface area contributed by atoms with Gasteiger partial charge in [0.15, 0.2) is 0 Å². The first-order chi connectivity index (χ1) is 14.8. The Kier molecular flexibility index (Phi) is 4.62. The highest BCUT2D eigenvalue weighted by molar-refractivity contribution is 6.03. The summed E-state index contributed by atoms with van der Waals surface area (Å²) in [6.45, 7) is 11.9. The van der Waals surface area contributed by atoms with Crippen LogP contribution in [0.1, 0.15) is 30.7 Å². The number of hydrogen-bond donors (Lipinski definition) is 2. The van der Waals surface area contributed by atoms with Gasteiger partial charge in [0.05, 0.1) is 11.4 Å². The predicted molar refractivity (Wildman–Crippen MR) is 123 cm³/mol. The van der Waals surface area contributed by atoms with E-state index in [1.165, 1.54) is 5.69 Å². The molecule has 2 aliphatic heterocycles. The van der Waals surface area contributed by atoms with E-state index in [2.05, 4.69) is 45.4 Å². The topological polar surface area (TPSA) is 77.8 Å². The fourth-order valence-corrected chi connectivity index (χ4v) is 4.77. The Bertz CT molecular complexity index is 1170. The van der Waals surface area contributed by atoms with Crippen LogP contribution < -0.4 is 20.4 Å². The molecule has 0 saturated carbocycles. The van der Waals surface area contributed by atoms with E-state index in [0.717, 1.165) is 60.0 Å². The van der Waals surface area contributed by atoms with Gasteiger partial charge < -0.3 is 19.9 Å². The molecule has 2 aliphatic rings. The van der Waals surface area contributed by atoms with Crippen LogP contribution in [0.15, 0.2) is 30.7 Å². The van der Waals surface area contributed by atoms with Crippen LogP contribution in [0.2, 0.25) is 0 Å². The van der Waals surface area contributed by atoms with Crippen molar-refractivity contribution >= 4 is 28.9 Å². The molecule has 2 amide bonds. The predicted octanol–water partition coefficient (Wildman–Crippen LogP) is 3.13. The van der Waals surface area contributed by atoms with Gasteiger partial charge in [-0.2, -0.15) is 0 Å². The first kappa shape index (κ1) is 19.8. The number of aromatic nitrogens is 3. The Labute approximate surface area is 182 Å². The maximum atomic E-state index is 13.1. The third-order valence-corrected chi connectivity index (χ3v) is 6.11. The number of aryl methyl sites for hydroxylation is 2. The number of anilines is 3. The highest BCUT2D eigenvalue weighted by atomic mass is 16.2. The zero-order valence-corrected chi connectivity index (χ0v) is 18.6. The van der Waals surface area contributed by atoms with Crippen LogP contribution >= 0.6 is 0 Å². The minimum atomic E-state index is -0.153. The van der Waals surface area contributed by atoms with Crippen LogP contribution in [-0.2, 0) is 6.42 Å². The van der Waals surface area contributed by atoms with Gasteiger partial charge in [0.1, 0.15) is 11.5 Å². The number of fused-ring (bicyclic) bond motifs is 2. The van der Waals surface area contributed by atoms with E-state index in [4.69, 9.17) is 0 Å². The van der Waals surface area contributed by atoms with Crippen molar-refractivity contribution < 1.29 is 4.79 Å². The van der Waals surface area contributed by atoms with E-state index >= 15 is 0 Å². The zero-order valence-electron chi connectivity index (χ0n) is 18.6. The molecule has 0 aromatic carbocycles. The first-order valence-electron chi connectivity index (χ1n) is 10.8. The van der Waals surface area contributed by atoms with Crippen LogP contribution in [0, 0.1) is 13.8 Å². The molecule has 5 rings (SSSR count). The number of nitrogens with zero attached hydrogens (tertiary/aromatic N) is 5. The number of nitrogens with one attached hydrogen (secondary N) is 2. The number of hydrogen-bond acceptors (Lipinski definition) is 5. The fraction of sp³-hybridized carbons (Fsp3) is 0.435. The summed E-state index contributed by atoms with van der Waals surface area (Å²) >= 11 is 0. The van der Waals surface area contributed by atoms with E-state index in [1.54, 1.807) is 4.90 Å². The second-order valence-corrected chi connectivity index (χ2v) is 9.22. The molecule has 0 unspecified atom stereocenters. The summed E-state index contributed by atoms with van der Waals surface area (Å²) in [4.78, 5) is 26.4. The molecule has 1 fully saturated rings. The summed E-state index contributed by atoms with van der Waals surface area (Å²) in [6.07, 6.45) is 6.50. The molecule has 0 bridgehead atoms. The van der Waals surface area contributed by atoms with Crippen molar-refractivity contribution in [2.24, 2.45) is 0 Å². The second-order valence-electron chi connectivity index (χ2n) is 9.22. The summed E-state index contributed by atoms with van der Waals surface area (Å²) in [7, 11) is 0. The molecule has 2 N–H and O–H groups in total. The number of imidazole rings is 1. The van der Waals surface area contributed by atoms with Crippen molar-refractivity contribution in [3.8, 4) is 0 Å². The smallest absolute Gasteiger partial charge is 0.327 e. The van der Waals surface area contributed by atoms with Gasteiger partial charge in [-0.1, -0.05) is 0 Å². The maximum absolute atomic E-state index is 13.1. The monoisotopic (exact) mass is 419 g/mol. The minimum absolute atomic E-state index is 0.0618. The Balaban J connectivity index is 1.39. The summed E-state index contributed by atoms with van der Waals surface area (Å²) in [5.74, 6) is 0.766. The van der Waals surface area contributed by atoms with E-state index in [9.17, 15) is 4.79 Å². The quantitative estimate of drug-likeness (QED) is 0.667. The third kappa shape index (κ3) is 3.61. The van der Waals surface area contributed by atoms with Gasteiger partial charge in [-0.3, -0.25) is 4.90 Å². The van der Waals surface area contributed by atoms with Gasteiger partial charge in [0.25, 0.3) is 0 Å².